The Kier molecular flexibility index (Phi) is 9.68. The van der Waals surface area contributed by atoms with Gasteiger partial charge in [0, 0.05) is 42.3 Å². The second-order valence-electron chi connectivity index (χ2n) is 8.28. The van der Waals surface area contributed by atoms with Gasteiger partial charge in [-0.05, 0) is 62.9 Å². The van der Waals surface area contributed by atoms with Gasteiger partial charge in [-0.15, -0.1) is 0 Å². The third-order valence-electron chi connectivity index (χ3n) is 5.58. The first kappa shape index (κ1) is 26.9. The summed E-state index contributed by atoms with van der Waals surface area (Å²) in [6.07, 6.45) is 5.88. The minimum absolute atomic E-state index is 0.181. The normalized spacial score (nSPS) is 14.4. The van der Waals surface area contributed by atoms with E-state index in [9.17, 15) is 9.18 Å². The first-order valence-electron chi connectivity index (χ1n) is 11.6. The molecule has 1 aromatic heterocycles. The van der Waals surface area contributed by atoms with Gasteiger partial charge in [-0.3, -0.25) is 4.79 Å². The van der Waals surface area contributed by atoms with E-state index in [0.717, 1.165) is 24.8 Å². The van der Waals surface area contributed by atoms with Crippen LogP contribution in [0.3, 0.4) is 0 Å². The molecule has 9 heteroatoms. The van der Waals surface area contributed by atoms with E-state index >= 15 is 0 Å². The summed E-state index contributed by atoms with van der Waals surface area (Å²) in [5, 5.41) is 1.61. The van der Waals surface area contributed by atoms with E-state index in [1.807, 2.05) is 20.8 Å². The van der Waals surface area contributed by atoms with Gasteiger partial charge in [0.2, 0.25) is 0 Å². The Morgan fingerprint density at radius 1 is 1.32 bits per heavy atom. The number of likely N-dealkylation sites (N-methyl/N-ethyl adjacent to an activating group) is 1. The fourth-order valence-corrected chi connectivity index (χ4v) is 3.54. The van der Waals surface area contributed by atoms with Gasteiger partial charge in [-0.2, -0.15) is 0 Å². The van der Waals surface area contributed by atoms with Crippen molar-refractivity contribution < 1.29 is 13.9 Å². The number of benzene rings is 1. The van der Waals surface area contributed by atoms with Crippen LogP contribution in [0.5, 0.6) is 5.75 Å². The highest BCUT2D eigenvalue weighted by Gasteiger charge is 2.23. The summed E-state index contributed by atoms with van der Waals surface area (Å²) in [6.45, 7) is 7.77. The molecule has 34 heavy (non-hydrogen) atoms. The maximum atomic E-state index is 14.1. The lowest BCUT2D eigenvalue weighted by molar-refractivity contribution is 0.0800. The molecule has 0 bridgehead atoms. The average Bonchev–Trinajstić information content (AvgIpc) is 2.75. The summed E-state index contributed by atoms with van der Waals surface area (Å²) in [4.78, 5) is 18.7. The molecule has 0 radical (unpaired) electrons. The van der Waals surface area contributed by atoms with E-state index in [4.69, 9.17) is 22.0 Å². The van der Waals surface area contributed by atoms with Crippen molar-refractivity contribution in [1.29, 1.82) is 0 Å². The molecule has 0 spiro atoms. The summed E-state index contributed by atoms with van der Waals surface area (Å²) in [5.74, 6) is 5.84. The standard InChI is InChI=1S/C23H31FN6O2.C2H6/c1-14-9-21(22(26)28-11-14)32-15(2)20-10-16(24)7-8-19(20)23(31)29(3)12-17(25)13-30(27)18-5-4-6-18;1-2/h7-11,13,15,18H,4-6,12,25,27H2,1-3H3,(H2,26,28);1-2H3/b17-13-;. The van der Waals surface area contributed by atoms with Crippen LogP contribution in [-0.2, 0) is 0 Å². The molecule has 1 aromatic carbocycles. The summed E-state index contributed by atoms with van der Waals surface area (Å²) in [6, 6.07) is 6.03. The maximum absolute atomic E-state index is 14.1. The van der Waals surface area contributed by atoms with Gasteiger partial charge in [0.25, 0.3) is 5.91 Å². The summed E-state index contributed by atoms with van der Waals surface area (Å²) in [7, 11) is 1.63. The monoisotopic (exact) mass is 472 g/mol. The molecule has 3 rings (SSSR count). The number of rotatable bonds is 8. The largest absolute Gasteiger partial charge is 0.482 e. The van der Waals surface area contributed by atoms with Gasteiger partial charge in [-0.25, -0.2) is 15.2 Å². The van der Waals surface area contributed by atoms with Crippen LogP contribution in [0.2, 0.25) is 0 Å². The second kappa shape index (κ2) is 12.2. The van der Waals surface area contributed by atoms with Crippen LogP contribution in [0.25, 0.3) is 0 Å². The predicted molar refractivity (Wildman–Crippen MR) is 133 cm³/mol. The number of hydrazine groups is 1. The quantitative estimate of drug-likeness (QED) is 0.393. The van der Waals surface area contributed by atoms with Crippen LogP contribution >= 0.6 is 0 Å². The molecule has 1 amide bonds. The fraction of sp³-hybridized carbons (Fsp3) is 0.440. The Balaban J connectivity index is 0.00000199. The zero-order valence-corrected chi connectivity index (χ0v) is 20.7. The Morgan fingerprint density at radius 2 is 2.00 bits per heavy atom. The van der Waals surface area contributed by atoms with E-state index in [2.05, 4.69) is 4.98 Å². The van der Waals surface area contributed by atoms with E-state index in [1.165, 1.54) is 23.1 Å². The molecule has 8 nitrogen and oxygen atoms in total. The molecule has 6 N–H and O–H groups in total. The highest BCUT2D eigenvalue weighted by Crippen LogP contribution is 2.29. The van der Waals surface area contributed by atoms with Crippen LogP contribution in [0.1, 0.15) is 67.6 Å². The molecule has 186 valence electrons. The molecule has 0 saturated heterocycles. The molecule has 1 heterocycles. The molecule has 1 fully saturated rings. The number of anilines is 1. The Hall–Kier alpha value is -3.33. The van der Waals surface area contributed by atoms with Crippen LogP contribution in [0.4, 0.5) is 10.2 Å². The number of nitrogen functional groups attached to an aromatic ring is 1. The number of aryl methyl sites for hydroxylation is 1. The van der Waals surface area contributed by atoms with Crippen LogP contribution in [0, 0.1) is 12.7 Å². The predicted octanol–water partition coefficient (Wildman–Crippen LogP) is 3.88. The summed E-state index contributed by atoms with van der Waals surface area (Å²) in [5.41, 5.74) is 14.1. The summed E-state index contributed by atoms with van der Waals surface area (Å²) < 4.78 is 20.0. The van der Waals surface area contributed by atoms with Gasteiger partial charge >= 0.3 is 0 Å². The van der Waals surface area contributed by atoms with Gasteiger partial charge in [0.15, 0.2) is 11.6 Å². The van der Waals surface area contributed by atoms with Crippen molar-refractivity contribution >= 4 is 11.7 Å². The molecule has 1 saturated carbocycles. The Bertz CT molecular complexity index is 1010. The number of nitrogens with two attached hydrogens (primary N) is 3. The lowest BCUT2D eigenvalue weighted by Crippen LogP contribution is -2.42. The van der Waals surface area contributed by atoms with Gasteiger partial charge < -0.3 is 26.1 Å². The number of carbonyl (C=O) groups is 1. The molecule has 1 atom stereocenters. The number of pyridine rings is 1. The van der Waals surface area contributed by atoms with E-state index in [0.29, 0.717) is 28.6 Å². The third-order valence-corrected chi connectivity index (χ3v) is 5.58. The van der Waals surface area contributed by atoms with Crippen molar-refractivity contribution in [3.05, 3.63) is 64.9 Å². The minimum Gasteiger partial charge on any atom is -0.482 e. The van der Waals surface area contributed by atoms with Crippen molar-refractivity contribution in [1.82, 2.24) is 14.9 Å². The SMILES string of the molecule is CC.Cc1cnc(N)c(OC(C)c2cc(F)ccc2C(=O)N(C)C/C(N)=C/N(N)C2CCC2)c1. The molecular weight excluding hydrogens is 435 g/mol. The number of aromatic nitrogens is 1. The number of halogens is 1. The van der Waals surface area contributed by atoms with E-state index in [1.54, 1.807) is 37.4 Å². The molecule has 1 unspecified atom stereocenters. The number of hydrogen-bond acceptors (Lipinski definition) is 7. The zero-order chi connectivity index (χ0) is 25.4. The van der Waals surface area contributed by atoms with Crippen LogP contribution in [0.15, 0.2) is 42.4 Å². The third kappa shape index (κ3) is 6.84. The van der Waals surface area contributed by atoms with Crippen molar-refractivity contribution in [2.75, 3.05) is 19.3 Å². The molecule has 2 aromatic rings. The van der Waals surface area contributed by atoms with Crippen molar-refractivity contribution in [3.8, 4) is 5.75 Å². The average molecular weight is 473 g/mol. The lowest BCUT2D eigenvalue weighted by Gasteiger charge is -2.33. The molecular formula is C25H37FN6O2. The van der Waals surface area contributed by atoms with Crippen molar-refractivity contribution in [2.45, 2.75) is 59.1 Å². The first-order chi connectivity index (χ1) is 16.2. The summed E-state index contributed by atoms with van der Waals surface area (Å²) >= 11 is 0. The van der Waals surface area contributed by atoms with Gasteiger partial charge in [0.05, 0.1) is 6.54 Å². The highest BCUT2D eigenvalue weighted by atomic mass is 19.1. The van der Waals surface area contributed by atoms with Crippen molar-refractivity contribution in [3.63, 3.8) is 0 Å². The van der Waals surface area contributed by atoms with Gasteiger partial charge in [0.1, 0.15) is 11.9 Å². The lowest BCUT2D eigenvalue weighted by atomic mass is 9.93. The Labute approximate surface area is 201 Å². The number of hydrogen-bond donors (Lipinski definition) is 3. The van der Waals surface area contributed by atoms with E-state index < -0.39 is 11.9 Å². The molecule has 0 aliphatic heterocycles. The number of amides is 1. The maximum Gasteiger partial charge on any atom is 0.254 e. The number of ether oxygens (including phenoxy) is 1. The number of carbonyl (C=O) groups excluding carboxylic acids is 1. The highest BCUT2D eigenvalue weighted by molar-refractivity contribution is 5.95. The second-order valence-corrected chi connectivity index (χ2v) is 8.28. The smallest absolute Gasteiger partial charge is 0.254 e. The number of nitrogens with zero attached hydrogens (tertiary/aromatic N) is 3. The van der Waals surface area contributed by atoms with E-state index in [-0.39, 0.29) is 18.3 Å². The van der Waals surface area contributed by atoms with Gasteiger partial charge in [-0.1, -0.05) is 13.8 Å². The Morgan fingerprint density at radius 3 is 2.62 bits per heavy atom. The molecule has 1 aliphatic rings. The fourth-order valence-electron chi connectivity index (χ4n) is 3.54. The van der Waals surface area contributed by atoms with Crippen LogP contribution < -0.4 is 22.0 Å². The molecule has 1 aliphatic carbocycles. The zero-order valence-electron chi connectivity index (χ0n) is 20.7. The topological polar surface area (TPSA) is 124 Å². The minimum atomic E-state index is -0.644. The van der Waals surface area contributed by atoms with Crippen LogP contribution in [-0.4, -0.2) is 40.4 Å². The van der Waals surface area contributed by atoms with Crippen molar-refractivity contribution in [2.24, 2.45) is 11.6 Å². The first-order valence-corrected chi connectivity index (χ1v) is 11.6.